The smallest absolute Gasteiger partial charge is 0.145 e. The minimum Gasteiger partial charge on any atom is -0.493 e. The number of ether oxygens (including phenoxy) is 1. The fraction of sp³-hybridized carbons (Fsp3) is 0.214. The van der Waals surface area contributed by atoms with Gasteiger partial charge in [0.1, 0.15) is 11.5 Å². The van der Waals surface area contributed by atoms with Crippen molar-refractivity contribution < 1.29 is 9.53 Å². The second-order valence-corrected chi connectivity index (χ2v) is 9.49. The number of anilines is 1. The van der Waals surface area contributed by atoms with E-state index in [0.717, 1.165) is 44.6 Å². The number of hydrogen-bond acceptors (Lipinski definition) is 4. The highest BCUT2D eigenvalue weighted by atomic mass is 35.5. The number of ketones is 1. The molecule has 34 heavy (non-hydrogen) atoms. The third-order valence-corrected chi connectivity index (χ3v) is 7.16. The van der Waals surface area contributed by atoms with Crippen LogP contribution in [0.1, 0.15) is 23.5 Å². The molecule has 0 spiro atoms. The van der Waals surface area contributed by atoms with Crippen LogP contribution in [-0.4, -0.2) is 31.5 Å². The molecule has 0 N–H and O–H groups in total. The zero-order valence-electron chi connectivity index (χ0n) is 19.0. The molecule has 6 heteroatoms. The van der Waals surface area contributed by atoms with Gasteiger partial charge in [0.05, 0.1) is 27.9 Å². The SMILES string of the molecule is CN(C)c1c(CC(=O)[C@H]2CCOc3ccccc32)cnc2c(-c3cccc(Cl)c3Cl)cccc12. The van der Waals surface area contributed by atoms with Gasteiger partial charge in [0.25, 0.3) is 0 Å². The molecule has 1 aromatic heterocycles. The lowest BCUT2D eigenvalue weighted by Crippen LogP contribution is -2.23. The van der Waals surface area contributed by atoms with Crippen LogP contribution in [0.5, 0.6) is 5.75 Å². The monoisotopic (exact) mass is 490 g/mol. The van der Waals surface area contributed by atoms with Crippen LogP contribution in [0.2, 0.25) is 10.0 Å². The zero-order chi connectivity index (χ0) is 23.8. The number of fused-ring (bicyclic) bond motifs is 2. The second-order valence-electron chi connectivity index (χ2n) is 8.70. The Morgan fingerprint density at radius 1 is 1.03 bits per heavy atom. The molecule has 172 valence electrons. The minimum absolute atomic E-state index is 0.174. The predicted molar refractivity (Wildman–Crippen MR) is 140 cm³/mol. The van der Waals surface area contributed by atoms with Crippen molar-refractivity contribution in [2.75, 3.05) is 25.6 Å². The van der Waals surface area contributed by atoms with Crippen LogP contribution in [0.15, 0.2) is 66.9 Å². The highest BCUT2D eigenvalue weighted by molar-refractivity contribution is 6.44. The maximum Gasteiger partial charge on any atom is 0.145 e. The molecule has 5 rings (SSSR count). The van der Waals surface area contributed by atoms with Crippen molar-refractivity contribution in [1.29, 1.82) is 0 Å². The van der Waals surface area contributed by atoms with Crippen molar-refractivity contribution in [2.24, 2.45) is 0 Å². The van der Waals surface area contributed by atoms with E-state index in [0.29, 0.717) is 29.5 Å². The van der Waals surface area contributed by atoms with Gasteiger partial charge >= 0.3 is 0 Å². The summed E-state index contributed by atoms with van der Waals surface area (Å²) in [5.74, 6) is 0.806. The first kappa shape index (κ1) is 22.7. The molecule has 1 aliphatic heterocycles. The van der Waals surface area contributed by atoms with Gasteiger partial charge in [0.2, 0.25) is 0 Å². The van der Waals surface area contributed by atoms with E-state index in [1.54, 1.807) is 6.07 Å². The molecule has 0 amide bonds. The summed E-state index contributed by atoms with van der Waals surface area (Å²) < 4.78 is 5.75. The molecule has 0 radical (unpaired) electrons. The molecule has 0 bridgehead atoms. The molecular weight excluding hydrogens is 467 g/mol. The maximum absolute atomic E-state index is 13.5. The Kier molecular flexibility index (Phi) is 6.20. The number of aromatic nitrogens is 1. The molecule has 1 aliphatic rings. The van der Waals surface area contributed by atoms with Crippen LogP contribution >= 0.6 is 23.2 Å². The quantitative estimate of drug-likeness (QED) is 0.303. The lowest BCUT2D eigenvalue weighted by molar-refractivity contribution is -0.120. The summed E-state index contributed by atoms with van der Waals surface area (Å²) in [4.78, 5) is 20.3. The molecule has 0 aliphatic carbocycles. The standard InChI is InChI=1S/C28H24Cl2N2O2/c1-32(2)28-17(15-24(33)18-13-14-34-25-12-4-3-7-19(18)25)16-31-27-21(9-5-10-22(27)28)20-8-6-11-23(29)26(20)30/h3-12,16,18H,13-15H2,1-2H3/t18-/m0/s1. The van der Waals surface area contributed by atoms with E-state index in [-0.39, 0.29) is 11.7 Å². The highest BCUT2D eigenvalue weighted by Crippen LogP contribution is 2.40. The van der Waals surface area contributed by atoms with Gasteiger partial charge in [0.15, 0.2) is 0 Å². The van der Waals surface area contributed by atoms with E-state index in [1.807, 2.05) is 79.8 Å². The van der Waals surface area contributed by atoms with E-state index in [2.05, 4.69) is 0 Å². The summed E-state index contributed by atoms with van der Waals surface area (Å²) in [6.45, 7) is 0.549. The number of pyridine rings is 1. The van der Waals surface area contributed by atoms with Crippen LogP contribution in [-0.2, 0) is 11.2 Å². The second kappa shape index (κ2) is 9.28. The van der Waals surface area contributed by atoms with Gasteiger partial charge in [0, 0.05) is 60.3 Å². The van der Waals surface area contributed by atoms with Crippen LogP contribution < -0.4 is 9.64 Å². The lowest BCUT2D eigenvalue weighted by Gasteiger charge is -2.26. The highest BCUT2D eigenvalue weighted by Gasteiger charge is 2.28. The van der Waals surface area contributed by atoms with Gasteiger partial charge < -0.3 is 9.64 Å². The number of benzene rings is 3. The van der Waals surface area contributed by atoms with Crippen molar-refractivity contribution in [1.82, 2.24) is 4.98 Å². The Labute approximate surface area is 209 Å². The molecule has 4 aromatic rings. The Morgan fingerprint density at radius 3 is 2.62 bits per heavy atom. The number of hydrogen-bond donors (Lipinski definition) is 0. The first-order valence-electron chi connectivity index (χ1n) is 11.2. The predicted octanol–water partition coefficient (Wildman–Crippen LogP) is 6.95. The molecule has 0 unspecified atom stereocenters. The normalized spacial score (nSPS) is 15.0. The summed E-state index contributed by atoms with van der Waals surface area (Å²) in [7, 11) is 3.98. The fourth-order valence-corrected chi connectivity index (χ4v) is 5.23. The van der Waals surface area contributed by atoms with E-state index >= 15 is 0 Å². The number of halogens is 2. The van der Waals surface area contributed by atoms with Gasteiger partial charge in [-0.05, 0) is 18.6 Å². The molecule has 0 saturated heterocycles. The third-order valence-electron chi connectivity index (χ3n) is 6.35. The molecular formula is C28H24Cl2N2O2. The zero-order valence-corrected chi connectivity index (χ0v) is 20.5. The molecule has 4 nitrogen and oxygen atoms in total. The third kappa shape index (κ3) is 4.02. The van der Waals surface area contributed by atoms with E-state index in [1.165, 1.54) is 0 Å². The van der Waals surface area contributed by atoms with Crippen LogP contribution in [0.3, 0.4) is 0 Å². The first-order valence-corrected chi connectivity index (χ1v) is 12.0. The Bertz CT molecular complexity index is 1400. The Balaban J connectivity index is 1.58. The Morgan fingerprint density at radius 2 is 1.79 bits per heavy atom. The van der Waals surface area contributed by atoms with Crippen LogP contribution in [0, 0.1) is 0 Å². The first-order chi connectivity index (χ1) is 16.5. The molecule has 3 aromatic carbocycles. The number of carbonyl (C=O) groups excluding carboxylic acids is 1. The summed E-state index contributed by atoms with van der Waals surface area (Å²) in [5.41, 5.74) is 5.42. The maximum atomic E-state index is 13.5. The van der Waals surface area contributed by atoms with Crippen molar-refractivity contribution in [3.8, 4) is 16.9 Å². The molecule has 0 saturated carbocycles. The van der Waals surface area contributed by atoms with Crippen LogP contribution in [0.4, 0.5) is 5.69 Å². The van der Waals surface area contributed by atoms with Crippen molar-refractivity contribution in [3.63, 3.8) is 0 Å². The lowest BCUT2D eigenvalue weighted by atomic mass is 9.86. The summed E-state index contributed by atoms with van der Waals surface area (Å²) in [5, 5.41) is 1.97. The van der Waals surface area contributed by atoms with Crippen molar-refractivity contribution in [3.05, 3.63) is 88.0 Å². The number of rotatable bonds is 5. The summed E-state index contributed by atoms with van der Waals surface area (Å²) >= 11 is 12.8. The number of Topliss-reactive ketones (excluding diaryl/α,β-unsaturated/α-hetero) is 1. The van der Waals surface area contributed by atoms with Crippen molar-refractivity contribution in [2.45, 2.75) is 18.8 Å². The average molecular weight is 491 g/mol. The van der Waals surface area contributed by atoms with Gasteiger partial charge in [-0.2, -0.15) is 0 Å². The summed E-state index contributed by atoms with van der Waals surface area (Å²) in [6, 6.07) is 19.4. The topological polar surface area (TPSA) is 42.4 Å². The van der Waals surface area contributed by atoms with Gasteiger partial charge in [-0.3, -0.25) is 9.78 Å². The van der Waals surface area contributed by atoms with Crippen molar-refractivity contribution >= 4 is 45.6 Å². The molecule has 0 fully saturated rings. The van der Waals surface area contributed by atoms with Gasteiger partial charge in [-0.25, -0.2) is 0 Å². The minimum atomic E-state index is -0.174. The van der Waals surface area contributed by atoms with E-state index < -0.39 is 0 Å². The molecule has 2 heterocycles. The fourth-order valence-electron chi connectivity index (χ4n) is 4.82. The molecule has 1 atom stereocenters. The van der Waals surface area contributed by atoms with Gasteiger partial charge in [-0.15, -0.1) is 0 Å². The largest absolute Gasteiger partial charge is 0.493 e. The van der Waals surface area contributed by atoms with Crippen LogP contribution in [0.25, 0.3) is 22.0 Å². The van der Waals surface area contributed by atoms with Gasteiger partial charge in [-0.1, -0.05) is 71.7 Å². The van der Waals surface area contributed by atoms with E-state index in [4.69, 9.17) is 32.9 Å². The summed E-state index contributed by atoms with van der Waals surface area (Å²) in [6.07, 6.45) is 2.81. The number of para-hydroxylation sites is 2. The number of carbonyl (C=O) groups is 1. The number of nitrogens with zero attached hydrogens (tertiary/aromatic N) is 2. The van der Waals surface area contributed by atoms with E-state index in [9.17, 15) is 4.79 Å². The average Bonchev–Trinajstić information content (AvgIpc) is 2.84. The Hall–Kier alpha value is -3.08.